The molecule has 114 valence electrons. The van der Waals surface area contributed by atoms with E-state index >= 15 is 0 Å². The van der Waals surface area contributed by atoms with Gasteiger partial charge in [-0.3, -0.25) is 0 Å². The topological polar surface area (TPSA) is 63.4 Å². The van der Waals surface area contributed by atoms with Gasteiger partial charge in [-0.25, -0.2) is 12.8 Å². The minimum atomic E-state index is -3.85. The van der Waals surface area contributed by atoms with Crippen LogP contribution in [0.2, 0.25) is 10.0 Å². The smallest absolute Gasteiger partial charge is 0.246 e. The molecule has 0 radical (unpaired) electrons. The van der Waals surface area contributed by atoms with E-state index in [9.17, 15) is 12.8 Å². The zero-order valence-corrected chi connectivity index (χ0v) is 13.5. The van der Waals surface area contributed by atoms with Crippen LogP contribution in [0.4, 0.5) is 4.39 Å². The number of benzene rings is 1. The molecule has 1 aliphatic heterocycles. The zero-order chi connectivity index (χ0) is 14.2. The number of halogens is 4. The Morgan fingerprint density at radius 3 is 2.35 bits per heavy atom. The van der Waals surface area contributed by atoms with E-state index in [1.165, 1.54) is 4.31 Å². The molecule has 0 bridgehead atoms. The Labute approximate surface area is 133 Å². The zero-order valence-electron chi connectivity index (χ0n) is 10.4. The molecule has 1 saturated heterocycles. The lowest BCUT2D eigenvalue weighted by molar-refractivity contribution is 0.316. The summed E-state index contributed by atoms with van der Waals surface area (Å²) in [6.45, 7) is 0.576. The maximum absolute atomic E-state index is 13.1. The Morgan fingerprint density at radius 2 is 1.85 bits per heavy atom. The number of hydrogen-bond acceptors (Lipinski definition) is 3. The van der Waals surface area contributed by atoms with Gasteiger partial charge in [-0.2, -0.15) is 4.31 Å². The number of sulfonamides is 1. The first kappa shape index (κ1) is 17.9. The molecule has 1 aromatic carbocycles. The summed E-state index contributed by atoms with van der Waals surface area (Å²) in [5.41, 5.74) is 5.77. The van der Waals surface area contributed by atoms with E-state index in [0.29, 0.717) is 13.0 Å². The van der Waals surface area contributed by atoms with Crippen LogP contribution in [-0.4, -0.2) is 31.9 Å². The molecule has 0 aliphatic carbocycles. The summed E-state index contributed by atoms with van der Waals surface area (Å²) >= 11 is 11.6. The second kappa shape index (κ2) is 6.77. The van der Waals surface area contributed by atoms with Crippen LogP contribution >= 0.6 is 35.6 Å². The van der Waals surface area contributed by atoms with Crippen LogP contribution in [-0.2, 0) is 10.0 Å². The summed E-state index contributed by atoms with van der Waals surface area (Å²) in [5, 5.41) is -0.437. The molecule has 0 spiro atoms. The number of rotatable bonds is 2. The lowest BCUT2D eigenvalue weighted by Gasteiger charge is -2.30. The Hall–Kier alpha value is -0.110. The van der Waals surface area contributed by atoms with Crippen molar-refractivity contribution in [2.24, 2.45) is 5.73 Å². The molecule has 2 rings (SSSR count). The van der Waals surface area contributed by atoms with Crippen molar-refractivity contribution < 1.29 is 12.8 Å². The molecular formula is C11H14Cl3FN2O2S. The fraction of sp³-hybridized carbons (Fsp3) is 0.455. The highest BCUT2D eigenvalue weighted by molar-refractivity contribution is 7.89. The van der Waals surface area contributed by atoms with Crippen LogP contribution in [0.3, 0.4) is 0 Å². The van der Waals surface area contributed by atoms with Gasteiger partial charge in [0.2, 0.25) is 10.0 Å². The second-order valence-corrected chi connectivity index (χ2v) is 7.15. The van der Waals surface area contributed by atoms with Crippen molar-refractivity contribution in [1.82, 2.24) is 4.31 Å². The largest absolute Gasteiger partial charge is 0.327 e. The molecule has 0 saturated carbocycles. The maximum Gasteiger partial charge on any atom is 0.246 e. The molecule has 2 N–H and O–H groups in total. The fourth-order valence-electron chi connectivity index (χ4n) is 2.10. The van der Waals surface area contributed by atoms with Crippen molar-refractivity contribution >= 4 is 45.6 Å². The fourth-order valence-corrected chi connectivity index (χ4v) is 4.77. The van der Waals surface area contributed by atoms with Gasteiger partial charge in [0.05, 0.1) is 10.0 Å². The van der Waals surface area contributed by atoms with Crippen molar-refractivity contribution in [1.29, 1.82) is 0 Å². The maximum atomic E-state index is 13.1. The van der Waals surface area contributed by atoms with E-state index in [-0.39, 0.29) is 39.9 Å². The molecule has 0 aromatic heterocycles. The van der Waals surface area contributed by atoms with E-state index in [1.807, 2.05) is 0 Å². The van der Waals surface area contributed by atoms with Crippen LogP contribution in [0.25, 0.3) is 0 Å². The Morgan fingerprint density at radius 1 is 1.30 bits per heavy atom. The molecule has 4 nitrogen and oxygen atoms in total. The number of nitrogens with two attached hydrogens (primary N) is 1. The summed E-state index contributed by atoms with van der Waals surface area (Å²) in [6.07, 6.45) is 1.45. The summed E-state index contributed by atoms with van der Waals surface area (Å²) in [5.74, 6) is -0.677. The van der Waals surface area contributed by atoms with Gasteiger partial charge in [0.25, 0.3) is 0 Å². The molecule has 9 heteroatoms. The minimum absolute atomic E-state index is 0. The standard InChI is InChI=1S/C11H13Cl2FN2O2S.ClH/c12-9-4-7(14)5-10(13)11(9)19(17,18)16-3-1-2-8(15)6-16;/h4-5,8H,1-3,6,15H2;1H. The Kier molecular flexibility index (Phi) is 6.07. The molecule has 1 heterocycles. The highest BCUT2D eigenvalue weighted by Gasteiger charge is 2.32. The summed E-state index contributed by atoms with van der Waals surface area (Å²) in [4.78, 5) is -0.258. The van der Waals surface area contributed by atoms with Crippen LogP contribution in [0.15, 0.2) is 17.0 Å². The SMILES string of the molecule is Cl.NC1CCCN(S(=O)(=O)c2c(Cl)cc(F)cc2Cl)C1. The monoisotopic (exact) mass is 362 g/mol. The third-order valence-electron chi connectivity index (χ3n) is 2.98. The lowest BCUT2D eigenvalue weighted by atomic mass is 10.1. The van der Waals surface area contributed by atoms with E-state index in [2.05, 4.69) is 0 Å². The normalized spacial score (nSPS) is 20.5. The molecule has 1 fully saturated rings. The first-order valence-electron chi connectivity index (χ1n) is 5.72. The van der Waals surface area contributed by atoms with Gasteiger partial charge >= 0.3 is 0 Å². The van der Waals surface area contributed by atoms with Crippen LogP contribution in [0.1, 0.15) is 12.8 Å². The highest BCUT2D eigenvalue weighted by Crippen LogP contribution is 2.33. The number of piperidine rings is 1. The summed E-state index contributed by atoms with van der Waals surface area (Å²) in [7, 11) is -3.85. The predicted octanol–water partition coefficient (Wildman–Crippen LogP) is 2.67. The Balaban J connectivity index is 0.00000200. The van der Waals surface area contributed by atoms with E-state index < -0.39 is 15.8 Å². The summed E-state index contributed by atoms with van der Waals surface area (Å²) < 4.78 is 39.3. The molecular weight excluding hydrogens is 350 g/mol. The third kappa shape index (κ3) is 3.55. The van der Waals surface area contributed by atoms with Crippen molar-refractivity contribution in [3.8, 4) is 0 Å². The number of hydrogen-bond donors (Lipinski definition) is 1. The van der Waals surface area contributed by atoms with Crippen LogP contribution in [0, 0.1) is 5.82 Å². The molecule has 1 aromatic rings. The van der Waals surface area contributed by atoms with Gasteiger partial charge < -0.3 is 5.73 Å². The van der Waals surface area contributed by atoms with Crippen molar-refractivity contribution in [3.05, 3.63) is 28.0 Å². The highest BCUT2D eigenvalue weighted by atomic mass is 35.5. The minimum Gasteiger partial charge on any atom is -0.327 e. The lowest BCUT2D eigenvalue weighted by Crippen LogP contribution is -2.45. The van der Waals surface area contributed by atoms with Gasteiger partial charge in [0, 0.05) is 19.1 Å². The van der Waals surface area contributed by atoms with Gasteiger partial charge in [-0.05, 0) is 25.0 Å². The average molecular weight is 364 g/mol. The quantitative estimate of drug-likeness (QED) is 0.878. The molecule has 1 aliphatic rings. The van der Waals surface area contributed by atoms with E-state index in [1.54, 1.807) is 0 Å². The first-order valence-corrected chi connectivity index (χ1v) is 7.92. The van der Waals surface area contributed by atoms with Crippen molar-refractivity contribution in [3.63, 3.8) is 0 Å². The average Bonchev–Trinajstić information content (AvgIpc) is 2.26. The number of nitrogens with zero attached hydrogens (tertiary/aromatic N) is 1. The first-order chi connectivity index (χ1) is 8.82. The predicted molar refractivity (Wildman–Crippen MR) is 79.6 cm³/mol. The Bertz CT molecular complexity index is 574. The molecule has 0 amide bonds. The summed E-state index contributed by atoms with van der Waals surface area (Å²) in [6, 6.07) is 1.66. The second-order valence-electron chi connectivity index (χ2n) is 4.46. The van der Waals surface area contributed by atoms with Crippen molar-refractivity contribution in [2.75, 3.05) is 13.1 Å². The van der Waals surface area contributed by atoms with Crippen LogP contribution < -0.4 is 5.73 Å². The molecule has 1 atom stereocenters. The van der Waals surface area contributed by atoms with Gasteiger partial charge in [0.1, 0.15) is 10.7 Å². The van der Waals surface area contributed by atoms with E-state index in [0.717, 1.165) is 18.6 Å². The van der Waals surface area contributed by atoms with Crippen LogP contribution in [0.5, 0.6) is 0 Å². The third-order valence-corrected chi connectivity index (χ3v) is 5.77. The molecule has 1 unspecified atom stereocenters. The van der Waals surface area contributed by atoms with E-state index in [4.69, 9.17) is 28.9 Å². The van der Waals surface area contributed by atoms with Gasteiger partial charge in [0.15, 0.2) is 0 Å². The molecule has 20 heavy (non-hydrogen) atoms. The van der Waals surface area contributed by atoms with Gasteiger partial charge in [-0.1, -0.05) is 23.2 Å². The van der Waals surface area contributed by atoms with Crippen molar-refractivity contribution in [2.45, 2.75) is 23.8 Å². The van der Waals surface area contributed by atoms with Gasteiger partial charge in [-0.15, -0.1) is 12.4 Å².